The van der Waals surface area contributed by atoms with E-state index in [1.54, 1.807) is 0 Å². The zero-order chi connectivity index (χ0) is 15.6. The van der Waals surface area contributed by atoms with Crippen molar-refractivity contribution >= 4 is 37.4 Å². The van der Waals surface area contributed by atoms with Crippen LogP contribution in [0, 0.1) is 0 Å². The topological polar surface area (TPSA) is 107 Å². The maximum absolute atomic E-state index is 12.0. The van der Waals surface area contributed by atoms with Crippen molar-refractivity contribution in [3.8, 4) is 0 Å². The highest BCUT2D eigenvalue weighted by molar-refractivity contribution is 7.91. The van der Waals surface area contributed by atoms with Crippen molar-refractivity contribution in [1.82, 2.24) is 4.72 Å². The Morgan fingerprint density at radius 1 is 1.30 bits per heavy atom. The lowest BCUT2D eigenvalue weighted by atomic mass is 10.4. The molecule has 0 aliphatic carbocycles. The molecule has 0 saturated carbocycles. The lowest BCUT2D eigenvalue weighted by molar-refractivity contribution is -0.139. The monoisotopic (exact) mass is 341 g/mol. The Morgan fingerprint density at radius 2 is 1.90 bits per heavy atom. The number of hydrogen-bond donors (Lipinski definition) is 1. The molecule has 0 fully saturated rings. The van der Waals surface area contributed by atoms with Crippen LogP contribution in [0.1, 0.15) is 0 Å². The largest absolute Gasteiger partial charge is 0.468 e. The van der Waals surface area contributed by atoms with Gasteiger partial charge in [-0.1, -0.05) is 11.6 Å². The third-order valence-electron chi connectivity index (χ3n) is 2.25. The molecule has 0 heterocycles. The number of nitrogens with one attached hydrogen (secondary N) is 1. The third-order valence-corrected chi connectivity index (χ3v) is 5.25. The average molecular weight is 342 g/mol. The first kappa shape index (κ1) is 16.9. The summed E-state index contributed by atoms with van der Waals surface area (Å²) in [5, 5.41) is -0.158. The van der Waals surface area contributed by atoms with Gasteiger partial charge in [0.25, 0.3) is 0 Å². The lowest BCUT2D eigenvalue weighted by Gasteiger charge is -2.09. The minimum absolute atomic E-state index is 0.158. The van der Waals surface area contributed by atoms with Crippen LogP contribution in [0.5, 0.6) is 0 Å². The highest BCUT2D eigenvalue weighted by Gasteiger charge is 2.21. The molecule has 0 aliphatic heterocycles. The van der Waals surface area contributed by atoms with Crippen LogP contribution in [-0.4, -0.2) is 42.7 Å². The first-order valence-electron chi connectivity index (χ1n) is 5.14. The number of methoxy groups -OCH3 is 1. The van der Waals surface area contributed by atoms with Crippen molar-refractivity contribution in [2.45, 2.75) is 9.79 Å². The van der Waals surface area contributed by atoms with Gasteiger partial charge < -0.3 is 4.74 Å². The van der Waals surface area contributed by atoms with Crippen LogP contribution >= 0.6 is 11.6 Å². The van der Waals surface area contributed by atoms with Gasteiger partial charge in [0.1, 0.15) is 11.4 Å². The summed E-state index contributed by atoms with van der Waals surface area (Å²) in [6.07, 6.45) is 0.939. The van der Waals surface area contributed by atoms with Crippen LogP contribution in [0.25, 0.3) is 0 Å². The Kier molecular flexibility index (Phi) is 5.14. The Morgan fingerprint density at radius 3 is 2.40 bits per heavy atom. The van der Waals surface area contributed by atoms with E-state index in [2.05, 4.69) is 4.74 Å². The highest BCUT2D eigenvalue weighted by atomic mass is 35.5. The number of ether oxygens (including phenoxy) is 1. The molecule has 0 bridgehead atoms. The van der Waals surface area contributed by atoms with Gasteiger partial charge in [-0.25, -0.2) is 16.8 Å². The van der Waals surface area contributed by atoms with Gasteiger partial charge in [-0.05, 0) is 18.2 Å². The molecule has 0 saturated heterocycles. The molecule has 0 unspecified atom stereocenters. The van der Waals surface area contributed by atoms with Gasteiger partial charge in [0.05, 0.1) is 17.0 Å². The van der Waals surface area contributed by atoms with Crippen LogP contribution < -0.4 is 4.72 Å². The number of hydrogen-bond acceptors (Lipinski definition) is 6. The summed E-state index contributed by atoms with van der Waals surface area (Å²) in [5.74, 6) is -0.788. The number of carbonyl (C=O) groups is 1. The Bertz CT molecular complexity index is 726. The predicted octanol–water partition coefficient (Wildman–Crippen LogP) is 0.195. The second kappa shape index (κ2) is 6.08. The molecule has 0 aromatic heterocycles. The number of sulfonamides is 1. The normalized spacial score (nSPS) is 12.2. The second-order valence-corrected chi connectivity index (χ2v) is 7.92. The molecule has 0 amide bonds. The first-order valence-corrected chi connectivity index (χ1v) is 8.89. The van der Waals surface area contributed by atoms with Gasteiger partial charge in [-0.3, -0.25) is 4.79 Å². The second-order valence-electron chi connectivity index (χ2n) is 3.77. The van der Waals surface area contributed by atoms with E-state index >= 15 is 0 Å². The Labute approximate surface area is 121 Å². The van der Waals surface area contributed by atoms with Crippen molar-refractivity contribution in [1.29, 1.82) is 0 Å². The Hall–Kier alpha value is -1.16. The summed E-state index contributed by atoms with van der Waals surface area (Å²) < 4.78 is 53.0. The maximum Gasteiger partial charge on any atom is 0.320 e. The van der Waals surface area contributed by atoms with Gasteiger partial charge in [0, 0.05) is 6.26 Å². The smallest absolute Gasteiger partial charge is 0.320 e. The molecule has 10 heteroatoms. The minimum atomic E-state index is -4.13. The summed E-state index contributed by atoms with van der Waals surface area (Å²) in [7, 11) is -6.60. The molecule has 1 N–H and O–H groups in total. The van der Waals surface area contributed by atoms with Crippen LogP contribution in [-0.2, 0) is 29.4 Å². The third kappa shape index (κ3) is 4.17. The van der Waals surface area contributed by atoms with Gasteiger partial charge in [-0.2, -0.15) is 4.72 Å². The number of benzene rings is 1. The molecule has 0 atom stereocenters. The quantitative estimate of drug-likeness (QED) is 0.766. The van der Waals surface area contributed by atoms with E-state index in [1.165, 1.54) is 6.07 Å². The number of rotatable bonds is 5. The molecular formula is C10H12ClNO6S2. The predicted molar refractivity (Wildman–Crippen MR) is 71.8 cm³/mol. The van der Waals surface area contributed by atoms with E-state index < -0.39 is 37.3 Å². The summed E-state index contributed by atoms with van der Waals surface area (Å²) in [4.78, 5) is 10.3. The highest BCUT2D eigenvalue weighted by Crippen LogP contribution is 2.24. The maximum atomic E-state index is 12.0. The van der Waals surface area contributed by atoms with Gasteiger partial charge in [0.15, 0.2) is 9.84 Å². The van der Waals surface area contributed by atoms with E-state index in [9.17, 15) is 21.6 Å². The van der Waals surface area contributed by atoms with E-state index in [-0.39, 0.29) is 9.92 Å². The lowest BCUT2D eigenvalue weighted by Crippen LogP contribution is -2.30. The first-order chi connectivity index (χ1) is 9.08. The van der Waals surface area contributed by atoms with Crippen LogP contribution in [0.15, 0.2) is 28.0 Å². The zero-order valence-corrected chi connectivity index (χ0v) is 13.0. The molecule has 1 rings (SSSR count). The number of carbonyl (C=O) groups excluding carboxylic acids is 1. The SMILES string of the molecule is COC(=O)CNS(=O)(=O)c1cc(S(C)(=O)=O)ccc1Cl. The minimum Gasteiger partial charge on any atom is -0.468 e. The van der Waals surface area contributed by atoms with Crippen molar-refractivity contribution < 1.29 is 26.4 Å². The van der Waals surface area contributed by atoms with Crippen molar-refractivity contribution in [2.75, 3.05) is 19.9 Å². The summed E-state index contributed by atoms with van der Waals surface area (Å²) in [5.41, 5.74) is 0. The molecule has 0 aliphatic rings. The van der Waals surface area contributed by atoms with Crippen LogP contribution in [0.4, 0.5) is 0 Å². The number of esters is 1. The average Bonchev–Trinajstić information content (AvgIpc) is 2.34. The van der Waals surface area contributed by atoms with Crippen LogP contribution in [0.2, 0.25) is 5.02 Å². The number of sulfone groups is 1. The zero-order valence-electron chi connectivity index (χ0n) is 10.6. The fourth-order valence-electron chi connectivity index (χ4n) is 1.22. The summed E-state index contributed by atoms with van der Waals surface area (Å²) >= 11 is 5.75. The van der Waals surface area contributed by atoms with Gasteiger partial charge in [-0.15, -0.1) is 0 Å². The fourth-order valence-corrected chi connectivity index (χ4v) is 3.44. The molecule has 112 valence electrons. The van der Waals surface area contributed by atoms with Crippen molar-refractivity contribution in [2.24, 2.45) is 0 Å². The van der Waals surface area contributed by atoms with Crippen molar-refractivity contribution in [3.63, 3.8) is 0 Å². The summed E-state index contributed by atoms with van der Waals surface area (Å²) in [6.45, 7) is -0.585. The van der Waals surface area contributed by atoms with Gasteiger partial charge in [0.2, 0.25) is 10.0 Å². The van der Waals surface area contributed by atoms with E-state index in [0.717, 1.165) is 25.5 Å². The summed E-state index contributed by atoms with van der Waals surface area (Å²) in [6, 6.07) is 3.28. The molecule has 7 nitrogen and oxygen atoms in total. The number of halogens is 1. The molecule has 20 heavy (non-hydrogen) atoms. The molecule has 0 radical (unpaired) electrons. The van der Waals surface area contributed by atoms with Crippen molar-refractivity contribution in [3.05, 3.63) is 23.2 Å². The fraction of sp³-hybridized carbons (Fsp3) is 0.300. The molecular weight excluding hydrogens is 330 g/mol. The standard InChI is InChI=1S/C10H12ClNO6S2/c1-18-10(13)6-12-20(16,17)9-5-7(19(2,14)15)3-4-8(9)11/h3-5,12H,6H2,1-2H3. The Balaban J connectivity index is 3.21. The molecule has 1 aromatic carbocycles. The molecule has 0 spiro atoms. The van der Waals surface area contributed by atoms with Gasteiger partial charge >= 0.3 is 5.97 Å². The van der Waals surface area contributed by atoms with E-state index in [0.29, 0.717) is 0 Å². The van der Waals surface area contributed by atoms with E-state index in [4.69, 9.17) is 11.6 Å². The van der Waals surface area contributed by atoms with Crippen LogP contribution in [0.3, 0.4) is 0 Å². The molecule has 1 aromatic rings. The van der Waals surface area contributed by atoms with E-state index in [1.807, 2.05) is 4.72 Å².